The zero-order valence-corrected chi connectivity index (χ0v) is 13.1. The summed E-state index contributed by atoms with van der Waals surface area (Å²) in [5, 5.41) is 0. The molecule has 1 aliphatic carbocycles. The number of ketones is 1. The summed E-state index contributed by atoms with van der Waals surface area (Å²) in [6.45, 7) is 5.41. The van der Waals surface area contributed by atoms with Crippen molar-refractivity contribution in [2.75, 3.05) is 4.90 Å². The Morgan fingerprint density at radius 2 is 2.05 bits per heavy atom. The molecule has 0 aromatic heterocycles. The number of halogens is 1. The van der Waals surface area contributed by atoms with Gasteiger partial charge in [-0.05, 0) is 51.8 Å². The second kappa shape index (κ2) is 5.07. The Balaban J connectivity index is 2.06. The van der Waals surface area contributed by atoms with Crippen LogP contribution in [0.1, 0.15) is 50.4 Å². The predicted molar refractivity (Wildman–Crippen MR) is 80.6 cm³/mol. The van der Waals surface area contributed by atoms with Gasteiger partial charge in [-0.15, -0.1) is 0 Å². The van der Waals surface area contributed by atoms with Crippen LogP contribution in [0.3, 0.4) is 0 Å². The van der Waals surface area contributed by atoms with Crippen molar-refractivity contribution >= 4 is 17.6 Å². The van der Waals surface area contributed by atoms with E-state index < -0.39 is 17.5 Å². The van der Waals surface area contributed by atoms with Crippen LogP contribution in [0.25, 0.3) is 0 Å². The molecule has 0 saturated heterocycles. The highest BCUT2D eigenvalue weighted by molar-refractivity contribution is 6.09. The van der Waals surface area contributed by atoms with Gasteiger partial charge in [0.1, 0.15) is 11.4 Å². The van der Waals surface area contributed by atoms with Crippen LogP contribution in [-0.2, 0) is 4.74 Å². The van der Waals surface area contributed by atoms with Crippen LogP contribution in [0, 0.1) is 11.7 Å². The first-order valence-corrected chi connectivity index (χ1v) is 7.64. The third kappa shape index (κ3) is 2.49. The number of carbonyl (C=O) groups is 2. The maximum absolute atomic E-state index is 13.5. The molecule has 1 fully saturated rings. The summed E-state index contributed by atoms with van der Waals surface area (Å²) >= 11 is 0. The van der Waals surface area contributed by atoms with Crippen LogP contribution in [0.15, 0.2) is 18.2 Å². The van der Waals surface area contributed by atoms with Gasteiger partial charge < -0.3 is 4.74 Å². The molecule has 1 aromatic rings. The first-order chi connectivity index (χ1) is 10.3. The maximum atomic E-state index is 13.5. The highest BCUT2D eigenvalue weighted by atomic mass is 19.1. The Morgan fingerprint density at radius 3 is 2.73 bits per heavy atom. The Kier molecular flexibility index (Phi) is 3.46. The van der Waals surface area contributed by atoms with Crippen LogP contribution < -0.4 is 4.90 Å². The third-order valence-electron chi connectivity index (χ3n) is 4.22. The lowest BCUT2D eigenvalue weighted by molar-refractivity contribution is 0.0550. The number of hydrogen-bond acceptors (Lipinski definition) is 3. The van der Waals surface area contributed by atoms with E-state index in [4.69, 9.17) is 4.74 Å². The van der Waals surface area contributed by atoms with Gasteiger partial charge in [0.15, 0.2) is 5.78 Å². The molecule has 2 aliphatic rings. The minimum atomic E-state index is -0.618. The molecule has 3 rings (SSSR count). The molecule has 1 heterocycles. The first kappa shape index (κ1) is 15.0. The normalized spacial score (nSPS) is 24.0. The van der Waals surface area contributed by atoms with E-state index in [-0.39, 0.29) is 23.3 Å². The summed E-state index contributed by atoms with van der Waals surface area (Å²) < 4.78 is 19.0. The molecular weight excluding hydrogens is 285 g/mol. The smallest absolute Gasteiger partial charge is 0.415 e. The fourth-order valence-electron chi connectivity index (χ4n) is 3.39. The highest BCUT2D eigenvalue weighted by Crippen LogP contribution is 2.42. The number of hydrogen-bond donors (Lipinski definition) is 0. The largest absolute Gasteiger partial charge is 0.443 e. The number of Topliss-reactive ketones (excluding diaryl/α,β-unsaturated/α-hetero) is 1. The summed E-state index contributed by atoms with van der Waals surface area (Å²) in [6.07, 6.45) is 1.92. The highest BCUT2D eigenvalue weighted by Gasteiger charge is 2.46. The van der Waals surface area contributed by atoms with Crippen LogP contribution in [0.5, 0.6) is 0 Å². The van der Waals surface area contributed by atoms with Crippen molar-refractivity contribution in [2.45, 2.75) is 51.7 Å². The summed E-state index contributed by atoms with van der Waals surface area (Å²) in [6, 6.07) is 3.82. The van der Waals surface area contributed by atoms with Gasteiger partial charge in [-0.2, -0.15) is 0 Å². The van der Waals surface area contributed by atoms with E-state index in [0.717, 1.165) is 19.3 Å². The quantitative estimate of drug-likeness (QED) is 0.729. The molecule has 5 heteroatoms. The minimum absolute atomic E-state index is 0.0585. The summed E-state index contributed by atoms with van der Waals surface area (Å²) in [5.74, 6) is -0.772. The van der Waals surface area contributed by atoms with Crippen LogP contribution in [-0.4, -0.2) is 23.5 Å². The van der Waals surface area contributed by atoms with Gasteiger partial charge in [-0.1, -0.05) is 6.42 Å². The van der Waals surface area contributed by atoms with Crippen molar-refractivity contribution < 1.29 is 18.7 Å². The van der Waals surface area contributed by atoms with E-state index in [1.54, 1.807) is 25.7 Å². The van der Waals surface area contributed by atoms with Crippen LogP contribution in [0.2, 0.25) is 0 Å². The molecule has 0 N–H and O–H groups in total. The van der Waals surface area contributed by atoms with Gasteiger partial charge in [-0.3, -0.25) is 9.69 Å². The molecule has 22 heavy (non-hydrogen) atoms. The van der Waals surface area contributed by atoms with Gasteiger partial charge in [0.2, 0.25) is 0 Å². The van der Waals surface area contributed by atoms with Crippen molar-refractivity contribution in [1.29, 1.82) is 0 Å². The van der Waals surface area contributed by atoms with Crippen molar-refractivity contribution in [1.82, 2.24) is 0 Å². The predicted octanol–water partition coefficient (Wildman–Crippen LogP) is 3.93. The lowest BCUT2D eigenvalue weighted by Crippen LogP contribution is -2.50. The molecule has 1 aliphatic heterocycles. The van der Waals surface area contributed by atoms with E-state index >= 15 is 0 Å². The monoisotopic (exact) mass is 305 g/mol. The van der Waals surface area contributed by atoms with E-state index in [2.05, 4.69) is 0 Å². The van der Waals surface area contributed by atoms with Gasteiger partial charge in [0, 0.05) is 11.5 Å². The molecular formula is C17H20FNO3. The van der Waals surface area contributed by atoms with Crippen LogP contribution >= 0.6 is 0 Å². The van der Waals surface area contributed by atoms with Crippen molar-refractivity contribution in [2.24, 2.45) is 5.92 Å². The number of anilines is 1. The Morgan fingerprint density at radius 1 is 1.32 bits per heavy atom. The van der Waals surface area contributed by atoms with Crippen molar-refractivity contribution in [3.05, 3.63) is 29.6 Å². The Bertz CT molecular complexity index is 635. The van der Waals surface area contributed by atoms with Gasteiger partial charge in [0.05, 0.1) is 11.7 Å². The maximum Gasteiger partial charge on any atom is 0.415 e. The third-order valence-corrected chi connectivity index (χ3v) is 4.22. The summed E-state index contributed by atoms with van der Waals surface area (Å²) in [7, 11) is 0. The van der Waals surface area contributed by atoms with Gasteiger partial charge in [-0.25, -0.2) is 9.18 Å². The molecule has 0 spiro atoms. The van der Waals surface area contributed by atoms with E-state index in [9.17, 15) is 14.0 Å². The average Bonchev–Trinajstić information content (AvgIpc) is 2.87. The lowest BCUT2D eigenvalue weighted by Gasteiger charge is -2.38. The van der Waals surface area contributed by atoms with Gasteiger partial charge >= 0.3 is 6.09 Å². The molecule has 2 atom stereocenters. The summed E-state index contributed by atoms with van der Waals surface area (Å²) in [4.78, 5) is 26.7. The number of ether oxygens (including phenoxy) is 1. The van der Waals surface area contributed by atoms with Gasteiger partial charge in [0.25, 0.3) is 0 Å². The fraction of sp³-hybridized carbons (Fsp3) is 0.529. The van der Waals surface area contributed by atoms with Crippen LogP contribution in [0.4, 0.5) is 14.9 Å². The Labute approximate surface area is 129 Å². The second-order valence-corrected chi connectivity index (χ2v) is 6.98. The zero-order chi connectivity index (χ0) is 16.1. The molecule has 118 valence electrons. The first-order valence-electron chi connectivity index (χ1n) is 7.64. The molecule has 1 unspecified atom stereocenters. The summed E-state index contributed by atoms with van der Waals surface area (Å²) in [5.41, 5.74) is 0.130. The number of amides is 1. The topological polar surface area (TPSA) is 46.6 Å². The lowest BCUT2D eigenvalue weighted by atomic mass is 9.86. The molecule has 0 radical (unpaired) electrons. The van der Waals surface area contributed by atoms with E-state index in [1.165, 1.54) is 18.2 Å². The molecule has 4 nitrogen and oxygen atoms in total. The standard InChI is InChI=1S/C17H20FNO3/c1-17(2,3)22-16(21)19-13-6-4-5-11(13)15(20)12-9-10(18)7-8-14(12)19/h7-9,11,13H,4-6H2,1-3H3/t11?,13-/m0/s1. The van der Waals surface area contributed by atoms with E-state index in [0.29, 0.717) is 5.69 Å². The fourth-order valence-corrected chi connectivity index (χ4v) is 3.39. The number of rotatable bonds is 0. The molecule has 0 bridgehead atoms. The molecule has 1 amide bonds. The number of carbonyl (C=O) groups excluding carboxylic acids is 2. The number of fused-ring (bicyclic) bond motifs is 2. The Hall–Kier alpha value is -1.91. The molecule has 1 aromatic carbocycles. The SMILES string of the molecule is CC(C)(C)OC(=O)N1c2ccc(F)cc2C(=O)C2CCC[C@@H]21. The van der Waals surface area contributed by atoms with Crippen molar-refractivity contribution in [3.63, 3.8) is 0 Å². The minimum Gasteiger partial charge on any atom is -0.443 e. The number of nitrogens with zero attached hydrogens (tertiary/aromatic N) is 1. The van der Waals surface area contributed by atoms with E-state index in [1.807, 2.05) is 0 Å². The second-order valence-electron chi connectivity index (χ2n) is 6.98. The molecule has 1 saturated carbocycles. The van der Waals surface area contributed by atoms with Crippen molar-refractivity contribution in [3.8, 4) is 0 Å². The number of benzene rings is 1. The average molecular weight is 305 g/mol. The zero-order valence-electron chi connectivity index (χ0n) is 13.1.